The van der Waals surface area contributed by atoms with Crippen molar-refractivity contribution in [1.29, 1.82) is 0 Å². The summed E-state index contributed by atoms with van der Waals surface area (Å²) in [6, 6.07) is 10.5. The maximum atomic E-state index is 6.07. The second-order valence-electron chi connectivity index (χ2n) is 5.64. The molecule has 1 aromatic rings. The van der Waals surface area contributed by atoms with Crippen molar-refractivity contribution in [3.63, 3.8) is 0 Å². The van der Waals surface area contributed by atoms with E-state index in [0.29, 0.717) is 0 Å². The highest BCUT2D eigenvalue weighted by Gasteiger charge is 2.39. The number of benzene rings is 1. The van der Waals surface area contributed by atoms with Gasteiger partial charge in [0.1, 0.15) is 0 Å². The van der Waals surface area contributed by atoms with Gasteiger partial charge >= 0.3 is 0 Å². The van der Waals surface area contributed by atoms with Gasteiger partial charge in [0, 0.05) is 29.7 Å². The Morgan fingerprint density at radius 2 is 2.00 bits per heavy atom. The Hall–Kier alpha value is -0.570. The monoisotopic (exact) mass is 264 g/mol. The predicted octanol–water partition coefficient (Wildman–Crippen LogP) is 3.05. The lowest BCUT2D eigenvalue weighted by Gasteiger charge is -2.39. The van der Waals surface area contributed by atoms with E-state index in [9.17, 15) is 0 Å². The average molecular weight is 265 g/mol. The molecule has 0 aliphatic carbocycles. The van der Waals surface area contributed by atoms with Crippen molar-refractivity contribution < 1.29 is 0 Å². The lowest BCUT2D eigenvalue weighted by atomic mass is 9.97. The first-order valence-electron chi connectivity index (χ1n) is 6.93. The molecule has 18 heavy (non-hydrogen) atoms. The van der Waals surface area contributed by atoms with Crippen molar-refractivity contribution in [1.82, 2.24) is 10.2 Å². The summed E-state index contributed by atoms with van der Waals surface area (Å²) in [6.07, 6.45) is 5.33. The zero-order chi connectivity index (χ0) is 12.5. The van der Waals surface area contributed by atoms with Crippen LogP contribution in [-0.2, 0) is 6.54 Å². The van der Waals surface area contributed by atoms with Crippen LogP contribution in [0.15, 0.2) is 24.3 Å². The molecule has 1 N–H and O–H groups in total. The Kier molecular flexibility index (Phi) is 3.60. The van der Waals surface area contributed by atoms with Gasteiger partial charge in [-0.1, -0.05) is 23.7 Å². The van der Waals surface area contributed by atoms with Crippen molar-refractivity contribution in [2.45, 2.75) is 50.4 Å². The highest BCUT2D eigenvalue weighted by atomic mass is 35.5. The Balaban J connectivity index is 1.71. The topological polar surface area (TPSA) is 15.3 Å². The highest BCUT2D eigenvalue weighted by Crippen LogP contribution is 2.36. The van der Waals surface area contributed by atoms with E-state index in [1.807, 2.05) is 6.07 Å². The molecule has 1 aromatic carbocycles. The smallest absolute Gasteiger partial charge is 0.0409 e. The molecule has 2 unspecified atom stereocenters. The first-order chi connectivity index (χ1) is 8.76. The van der Waals surface area contributed by atoms with Gasteiger partial charge < -0.3 is 5.32 Å². The van der Waals surface area contributed by atoms with Crippen LogP contribution in [0.2, 0.25) is 5.02 Å². The van der Waals surface area contributed by atoms with Gasteiger partial charge in [0.2, 0.25) is 0 Å². The molecule has 2 saturated heterocycles. The van der Waals surface area contributed by atoms with Gasteiger partial charge in [-0.15, -0.1) is 0 Å². The molecular weight excluding hydrogens is 244 g/mol. The summed E-state index contributed by atoms with van der Waals surface area (Å²) in [5.41, 5.74) is 1.35. The third-order valence-electron chi connectivity index (χ3n) is 4.55. The number of piperidine rings is 1. The fourth-order valence-corrected chi connectivity index (χ4v) is 3.83. The largest absolute Gasteiger partial charge is 0.317 e. The van der Waals surface area contributed by atoms with Gasteiger partial charge in [-0.05, 0) is 50.4 Å². The number of hydrogen-bond donors (Lipinski definition) is 1. The van der Waals surface area contributed by atoms with Crippen molar-refractivity contribution in [3.05, 3.63) is 34.9 Å². The van der Waals surface area contributed by atoms with Crippen LogP contribution in [-0.4, -0.2) is 30.1 Å². The molecule has 3 heteroatoms. The molecule has 0 spiro atoms. The lowest BCUT2D eigenvalue weighted by molar-refractivity contribution is 0.111. The second-order valence-corrected chi connectivity index (χ2v) is 6.08. The quantitative estimate of drug-likeness (QED) is 0.903. The van der Waals surface area contributed by atoms with Gasteiger partial charge in [0.05, 0.1) is 0 Å². The summed E-state index contributed by atoms with van der Waals surface area (Å²) in [7, 11) is 2.09. The number of fused-ring (bicyclic) bond motifs is 2. The predicted molar refractivity (Wildman–Crippen MR) is 75.9 cm³/mol. The minimum atomic E-state index is 0.720. The lowest BCUT2D eigenvalue weighted by Crippen LogP contribution is -2.47. The fourth-order valence-electron chi connectivity index (χ4n) is 3.61. The van der Waals surface area contributed by atoms with Gasteiger partial charge in [0.15, 0.2) is 0 Å². The van der Waals surface area contributed by atoms with Crippen LogP contribution in [0.25, 0.3) is 0 Å². The number of nitrogens with one attached hydrogen (secondary N) is 1. The molecule has 0 saturated carbocycles. The molecule has 2 nitrogen and oxygen atoms in total. The molecule has 2 aliphatic heterocycles. The van der Waals surface area contributed by atoms with Gasteiger partial charge in [0.25, 0.3) is 0 Å². The number of nitrogens with zero attached hydrogens (tertiary/aromatic N) is 1. The highest BCUT2D eigenvalue weighted by molar-refractivity contribution is 6.30. The molecular formula is C15H21ClN2. The van der Waals surface area contributed by atoms with E-state index in [2.05, 4.69) is 35.5 Å². The minimum absolute atomic E-state index is 0.720. The van der Waals surface area contributed by atoms with Crippen molar-refractivity contribution in [3.8, 4) is 0 Å². The van der Waals surface area contributed by atoms with E-state index in [-0.39, 0.29) is 0 Å². The van der Waals surface area contributed by atoms with E-state index >= 15 is 0 Å². The molecule has 2 aliphatic rings. The third kappa shape index (κ3) is 2.42. The zero-order valence-electron chi connectivity index (χ0n) is 10.9. The zero-order valence-corrected chi connectivity index (χ0v) is 11.7. The molecule has 0 radical (unpaired) electrons. The molecule has 98 valence electrons. The van der Waals surface area contributed by atoms with E-state index in [4.69, 9.17) is 11.6 Å². The summed E-state index contributed by atoms with van der Waals surface area (Å²) in [5, 5.41) is 4.30. The van der Waals surface area contributed by atoms with Crippen molar-refractivity contribution >= 4 is 11.6 Å². The van der Waals surface area contributed by atoms with E-state index in [1.54, 1.807) is 0 Å². The summed E-state index contributed by atoms with van der Waals surface area (Å²) < 4.78 is 0. The molecule has 2 fully saturated rings. The molecule has 3 rings (SSSR count). The maximum absolute atomic E-state index is 6.07. The molecule has 0 aromatic heterocycles. The van der Waals surface area contributed by atoms with Gasteiger partial charge in [-0.2, -0.15) is 0 Å². The van der Waals surface area contributed by atoms with Gasteiger partial charge in [-0.25, -0.2) is 0 Å². The van der Waals surface area contributed by atoms with E-state index in [0.717, 1.165) is 29.7 Å². The van der Waals surface area contributed by atoms with Gasteiger partial charge in [-0.3, -0.25) is 4.90 Å². The average Bonchev–Trinajstić information content (AvgIpc) is 2.62. The third-order valence-corrected chi connectivity index (χ3v) is 4.78. The molecule has 2 bridgehead atoms. The maximum Gasteiger partial charge on any atom is 0.0409 e. The Morgan fingerprint density at radius 3 is 2.61 bits per heavy atom. The summed E-state index contributed by atoms with van der Waals surface area (Å²) >= 11 is 6.07. The van der Waals surface area contributed by atoms with Crippen LogP contribution in [0.5, 0.6) is 0 Å². The van der Waals surface area contributed by atoms with Crippen LogP contribution >= 0.6 is 11.6 Å². The van der Waals surface area contributed by atoms with Crippen LogP contribution in [0.1, 0.15) is 31.2 Å². The number of halogens is 1. The Morgan fingerprint density at radius 1 is 1.28 bits per heavy atom. The summed E-state index contributed by atoms with van der Waals surface area (Å²) in [4.78, 5) is 2.69. The van der Waals surface area contributed by atoms with Crippen LogP contribution < -0.4 is 5.32 Å². The second kappa shape index (κ2) is 5.20. The van der Waals surface area contributed by atoms with Crippen LogP contribution in [0.3, 0.4) is 0 Å². The van der Waals surface area contributed by atoms with E-state index in [1.165, 1.54) is 31.2 Å². The number of hydrogen-bond acceptors (Lipinski definition) is 2. The minimum Gasteiger partial charge on any atom is -0.317 e. The van der Waals surface area contributed by atoms with Crippen molar-refractivity contribution in [2.75, 3.05) is 7.05 Å². The first-order valence-corrected chi connectivity index (χ1v) is 7.31. The number of rotatable bonds is 3. The Labute approximate surface area is 114 Å². The SMILES string of the molecule is CNC1CC2CCC(C1)N2Cc1cccc(Cl)c1. The van der Waals surface area contributed by atoms with E-state index < -0.39 is 0 Å². The first kappa shape index (κ1) is 12.5. The standard InChI is InChI=1S/C15H21ClN2/c1-17-13-8-14-5-6-15(9-13)18(14)10-11-3-2-4-12(16)7-11/h2-4,7,13-15,17H,5-6,8-10H2,1H3. The Bertz CT molecular complexity index is 407. The molecule has 2 heterocycles. The fraction of sp³-hybridized carbons (Fsp3) is 0.600. The van der Waals surface area contributed by atoms with Crippen LogP contribution in [0.4, 0.5) is 0 Å². The summed E-state index contributed by atoms with van der Waals surface area (Å²) in [5.74, 6) is 0. The molecule has 2 atom stereocenters. The summed E-state index contributed by atoms with van der Waals surface area (Å²) in [6.45, 7) is 1.06. The normalized spacial score (nSPS) is 31.8. The van der Waals surface area contributed by atoms with Crippen LogP contribution in [0, 0.1) is 0 Å². The molecule has 0 amide bonds. The van der Waals surface area contributed by atoms with Crippen molar-refractivity contribution in [2.24, 2.45) is 0 Å².